The Bertz CT molecular complexity index is 579. The lowest BCUT2D eigenvalue weighted by Crippen LogP contribution is -2.15. The molecule has 2 aromatic rings. The zero-order valence-corrected chi connectivity index (χ0v) is 12.5. The van der Waals surface area contributed by atoms with Crippen LogP contribution in [0.15, 0.2) is 54.6 Å². The quantitative estimate of drug-likeness (QED) is 0.853. The summed E-state index contributed by atoms with van der Waals surface area (Å²) in [6.45, 7) is 2.04. The number of hydrogen-bond acceptors (Lipinski definition) is 1. The lowest BCUT2D eigenvalue weighted by molar-refractivity contribution is 0.665. The second kappa shape index (κ2) is 8.43. The molecule has 0 spiro atoms. The molecule has 0 amide bonds. The van der Waals surface area contributed by atoms with E-state index in [1.807, 2.05) is 43.3 Å². The van der Waals surface area contributed by atoms with Crippen molar-refractivity contribution in [3.05, 3.63) is 71.3 Å². The average molecular weight is 286 g/mol. The maximum atomic E-state index is 5.82. The maximum Gasteiger partial charge on any atom is 0.0281 e. The summed E-state index contributed by atoms with van der Waals surface area (Å²) in [7, 11) is 0. The molecular formula is C18H20ClN. The van der Waals surface area contributed by atoms with E-state index in [0.717, 1.165) is 24.0 Å². The van der Waals surface area contributed by atoms with Crippen LogP contribution in [0, 0.1) is 11.8 Å². The van der Waals surface area contributed by atoms with Gasteiger partial charge in [-0.05, 0) is 43.5 Å². The Morgan fingerprint density at radius 1 is 0.950 bits per heavy atom. The highest BCUT2D eigenvalue weighted by Gasteiger charge is 2.01. The van der Waals surface area contributed by atoms with Crippen molar-refractivity contribution in [1.82, 2.24) is 0 Å². The van der Waals surface area contributed by atoms with Crippen LogP contribution in [0.3, 0.4) is 0 Å². The number of benzene rings is 2. The van der Waals surface area contributed by atoms with Crippen molar-refractivity contribution in [3.63, 3.8) is 0 Å². The molecule has 0 bridgehead atoms. The zero-order chi connectivity index (χ0) is 13.5. The normalized spacial score (nSPS) is 10.9. The Morgan fingerprint density at radius 3 is 2.30 bits per heavy atom. The Labute approximate surface area is 127 Å². The van der Waals surface area contributed by atoms with Gasteiger partial charge < -0.3 is 5.73 Å². The van der Waals surface area contributed by atoms with Gasteiger partial charge in [0.05, 0.1) is 0 Å². The molecule has 1 unspecified atom stereocenters. The average Bonchev–Trinajstić information content (AvgIpc) is 2.45. The summed E-state index contributed by atoms with van der Waals surface area (Å²) in [5.41, 5.74) is 9.25. The monoisotopic (exact) mass is 285 g/mol. The fraction of sp³-hybridized carbons (Fsp3) is 0.222. The van der Waals surface area contributed by atoms with Crippen LogP contribution >= 0.6 is 12.4 Å². The summed E-state index contributed by atoms with van der Waals surface area (Å²) in [5.74, 6) is 6.47. The van der Waals surface area contributed by atoms with E-state index < -0.39 is 0 Å². The number of nitrogens with two attached hydrogens (primary N) is 1. The van der Waals surface area contributed by atoms with Crippen molar-refractivity contribution in [3.8, 4) is 11.8 Å². The van der Waals surface area contributed by atoms with Crippen molar-refractivity contribution < 1.29 is 0 Å². The van der Waals surface area contributed by atoms with Gasteiger partial charge in [0.25, 0.3) is 0 Å². The molecule has 2 aromatic carbocycles. The predicted molar refractivity (Wildman–Crippen MR) is 88.1 cm³/mol. The third-order valence-electron chi connectivity index (χ3n) is 3.00. The highest BCUT2D eigenvalue weighted by atomic mass is 35.5. The first kappa shape index (κ1) is 16.3. The summed E-state index contributed by atoms with van der Waals surface area (Å²) >= 11 is 0. The topological polar surface area (TPSA) is 26.0 Å². The van der Waals surface area contributed by atoms with E-state index >= 15 is 0 Å². The fourth-order valence-electron chi connectivity index (χ4n) is 1.90. The van der Waals surface area contributed by atoms with Crippen molar-refractivity contribution in [1.29, 1.82) is 0 Å². The summed E-state index contributed by atoms with van der Waals surface area (Å²) in [6, 6.07) is 18.6. The molecule has 0 aliphatic rings. The first-order chi connectivity index (χ1) is 9.25. The van der Waals surface area contributed by atoms with Crippen LogP contribution in [0.25, 0.3) is 0 Å². The summed E-state index contributed by atoms with van der Waals surface area (Å²) in [4.78, 5) is 0. The van der Waals surface area contributed by atoms with Crippen LogP contribution in [0.5, 0.6) is 0 Å². The Morgan fingerprint density at radius 2 is 1.60 bits per heavy atom. The first-order valence-electron chi connectivity index (χ1n) is 6.66. The van der Waals surface area contributed by atoms with Crippen LogP contribution in [-0.2, 0) is 6.42 Å². The van der Waals surface area contributed by atoms with E-state index in [2.05, 4.69) is 30.0 Å². The van der Waals surface area contributed by atoms with Crippen LogP contribution in [0.4, 0.5) is 0 Å². The molecule has 0 aliphatic carbocycles. The van der Waals surface area contributed by atoms with Gasteiger partial charge in [0.2, 0.25) is 0 Å². The van der Waals surface area contributed by atoms with Gasteiger partial charge in [-0.1, -0.05) is 48.2 Å². The van der Waals surface area contributed by atoms with E-state index in [9.17, 15) is 0 Å². The number of rotatable bonds is 3. The highest BCUT2D eigenvalue weighted by Crippen LogP contribution is 2.11. The second-order valence-electron chi connectivity index (χ2n) is 4.79. The van der Waals surface area contributed by atoms with Crippen LogP contribution < -0.4 is 5.73 Å². The Kier molecular flexibility index (Phi) is 6.87. The number of aryl methyl sites for hydroxylation is 1. The van der Waals surface area contributed by atoms with Gasteiger partial charge >= 0.3 is 0 Å². The van der Waals surface area contributed by atoms with Gasteiger partial charge in [-0.3, -0.25) is 0 Å². The zero-order valence-electron chi connectivity index (χ0n) is 11.7. The standard InChI is InChI=1S/C18H19N.ClH/c1-15(19)11-13-17-9-5-6-10-18(17)14-12-16-7-3-2-4-8-16;/h2-10,15H,11,13,19H2,1H3;1H. The van der Waals surface area contributed by atoms with Crippen molar-refractivity contribution >= 4 is 12.4 Å². The molecule has 20 heavy (non-hydrogen) atoms. The summed E-state index contributed by atoms with van der Waals surface area (Å²) in [6.07, 6.45) is 1.97. The molecule has 2 N–H and O–H groups in total. The van der Waals surface area contributed by atoms with Gasteiger partial charge in [0.15, 0.2) is 0 Å². The lowest BCUT2D eigenvalue weighted by atomic mass is 10.0. The fourth-order valence-corrected chi connectivity index (χ4v) is 1.90. The van der Waals surface area contributed by atoms with Crippen molar-refractivity contribution in [2.24, 2.45) is 5.73 Å². The molecular weight excluding hydrogens is 266 g/mol. The van der Waals surface area contributed by atoms with Gasteiger partial charge in [-0.2, -0.15) is 0 Å². The van der Waals surface area contributed by atoms with Crippen LogP contribution in [0.2, 0.25) is 0 Å². The van der Waals surface area contributed by atoms with Gasteiger partial charge in [0, 0.05) is 17.2 Å². The third kappa shape index (κ3) is 5.09. The molecule has 2 rings (SSSR count). The molecule has 0 saturated heterocycles. The smallest absolute Gasteiger partial charge is 0.0281 e. The molecule has 0 fully saturated rings. The predicted octanol–water partition coefficient (Wildman–Crippen LogP) is 3.79. The Balaban J connectivity index is 0.00000200. The minimum absolute atomic E-state index is 0. The van der Waals surface area contributed by atoms with E-state index in [-0.39, 0.29) is 18.4 Å². The first-order valence-corrected chi connectivity index (χ1v) is 6.66. The van der Waals surface area contributed by atoms with E-state index in [0.29, 0.717) is 0 Å². The minimum atomic E-state index is 0. The Hall–Kier alpha value is -1.75. The molecule has 0 saturated carbocycles. The van der Waals surface area contributed by atoms with Crippen LogP contribution in [-0.4, -0.2) is 6.04 Å². The van der Waals surface area contributed by atoms with E-state index in [1.165, 1.54) is 5.56 Å². The molecule has 1 atom stereocenters. The minimum Gasteiger partial charge on any atom is -0.328 e. The van der Waals surface area contributed by atoms with Crippen LogP contribution in [0.1, 0.15) is 30.0 Å². The number of hydrogen-bond donors (Lipinski definition) is 1. The molecule has 0 aliphatic heterocycles. The van der Waals surface area contributed by atoms with Crippen molar-refractivity contribution in [2.75, 3.05) is 0 Å². The summed E-state index contributed by atoms with van der Waals surface area (Å²) in [5, 5.41) is 0. The van der Waals surface area contributed by atoms with E-state index in [1.54, 1.807) is 0 Å². The largest absolute Gasteiger partial charge is 0.328 e. The molecule has 0 heterocycles. The SMILES string of the molecule is CC(N)CCc1ccccc1C#Cc1ccccc1.Cl. The van der Waals surface area contributed by atoms with Crippen molar-refractivity contribution in [2.45, 2.75) is 25.8 Å². The van der Waals surface area contributed by atoms with E-state index in [4.69, 9.17) is 5.73 Å². The second-order valence-corrected chi connectivity index (χ2v) is 4.79. The molecule has 1 nitrogen and oxygen atoms in total. The molecule has 0 radical (unpaired) electrons. The highest BCUT2D eigenvalue weighted by molar-refractivity contribution is 5.85. The molecule has 2 heteroatoms. The molecule has 104 valence electrons. The lowest BCUT2D eigenvalue weighted by Gasteiger charge is -2.06. The van der Waals surface area contributed by atoms with Gasteiger partial charge in [0.1, 0.15) is 0 Å². The maximum absolute atomic E-state index is 5.82. The van der Waals surface area contributed by atoms with Gasteiger partial charge in [-0.15, -0.1) is 12.4 Å². The molecule has 0 aromatic heterocycles. The number of halogens is 1. The summed E-state index contributed by atoms with van der Waals surface area (Å²) < 4.78 is 0. The third-order valence-corrected chi connectivity index (χ3v) is 3.00. The van der Waals surface area contributed by atoms with Gasteiger partial charge in [-0.25, -0.2) is 0 Å².